The van der Waals surface area contributed by atoms with Crippen LogP contribution in [0.2, 0.25) is 0 Å². The van der Waals surface area contributed by atoms with E-state index >= 15 is 0 Å². The maximum Gasteiger partial charge on any atom is 0.0600 e. The number of unbranched alkanes of at least 4 members (excludes halogenated alkanes) is 6. The van der Waals surface area contributed by atoms with Crippen molar-refractivity contribution in [3.63, 3.8) is 0 Å². The van der Waals surface area contributed by atoms with Crippen LogP contribution in [0, 0.1) is 5.92 Å². The van der Waals surface area contributed by atoms with Gasteiger partial charge in [0.15, 0.2) is 0 Å². The van der Waals surface area contributed by atoms with Gasteiger partial charge in [0, 0.05) is 12.5 Å². The SMILES string of the molecule is CCCCCCCCCC(O)C1CCOC1C. The number of hydrogen-bond acceptors (Lipinski definition) is 2. The predicted molar refractivity (Wildman–Crippen MR) is 72.1 cm³/mol. The first-order valence-corrected chi connectivity index (χ1v) is 7.55. The molecule has 1 aliphatic heterocycles. The van der Waals surface area contributed by atoms with Crippen molar-refractivity contribution in [3.05, 3.63) is 0 Å². The monoisotopic (exact) mass is 242 g/mol. The first-order chi connectivity index (χ1) is 8.25. The molecule has 0 spiro atoms. The summed E-state index contributed by atoms with van der Waals surface area (Å²) in [6.07, 6.45) is 11.4. The molecule has 1 N–H and O–H groups in total. The van der Waals surface area contributed by atoms with Crippen molar-refractivity contribution in [2.75, 3.05) is 6.61 Å². The van der Waals surface area contributed by atoms with E-state index in [1.807, 2.05) is 0 Å². The zero-order valence-corrected chi connectivity index (χ0v) is 11.7. The third kappa shape index (κ3) is 5.87. The van der Waals surface area contributed by atoms with E-state index in [-0.39, 0.29) is 12.2 Å². The van der Waals surface area contributed by atoms with Crippen molar-refractivity contribution in [2.24, 2.45) is 5.92 Å². The van der Waals surface area contributed by atoms with Gasteiger partial charge in [-0.1, -0.05) is 51.9 Å². The van der Waals surface area contributed by atoms with Gasteiger partial charge in [-0.15, -0.1) is 0 Å². The molecule has 0 saturated carbocycles. The molecular weight excluding hydrogens is 212 g/mol. The van der Waals surface area contributed by atoms with E-state index in [0.717, 1.165) is 19.4 Å². The second kappa shape index (κ2) is 8.93. The minimum absolute atomic E-state index is 0.136. The number of ether oxygens (including phenoxy) is 1. The van der Waals surface area contributed by atoms with Crippen LogP contribution in [0.1, 0.15) is 71.6 Å². The fourth-order valence-electron chi connectivity index (χ4n) is 2.78. The van der Waals surface area contributed by atoms with E-state index in [2.05, 4.69) is 13.8 Å². The number of hydrogen-bond donors (Lipinski definition) is 1. The van der Waals surface area contributed by atoms with Gasteiger partial charge in [-0.05, 0) is 19.8 Å². The summed E-state index contributed by atoms with van der Waals surface area (Å²) >= 11 is 0. The molecule has 0 aromatic carbocycles. The molecule has 0 amide bonds. The number of aliphatic hydroxyl groups is 1. The van der Waals surface area contributed by atoms with Crippen molar-refractivity contribution in [1.82, 2.24) is 0 Å². The van der Waals surface area contributed by atoms with Crippen LogP contribution in [0.15, 0.2) is 0 Å². The van der Waals surface area contributed by atoms with Crippen molar-refractivity contribution < 1.29 is 9.84 Å². The van der Waals surface area contributed by atoms with E-state index in [0.29, 0.717) is 5.92 Å². The van der Waals surface area contributed by atoms with E-state index in [1.54, 1.807) is 0 Å². The molecule has 3 unspecified atom stereocenters. The Bertz CT molecular complexity index is 182. The van der Waals surface area contributed by atoms with Gasteiger partial charge >= 0.3 is 0 Å². The van der Waals surface area contributed by atoms with Crippen molar-refractivity contribution in [2.45, 2.75) is 83.8 Å². The van der Waals surface area contributed by atoms with Crippen molar-refractivity contribution >= 4 is 0 Å². The lowest BCUT2D eigenvalue weighted by Gasteiger charge is -2.20. The van der Waals surface area contributed by atoms with Crippen molar-refractivity contribution in [3.8, 4) is 0 Å². The minimum Gasteiger partial charge on any atom is -0.393 e. The summed E-state index contributed by atoms with van der Waals surface area (Å²) < 4.78 is 5.50. The highest BCUT2D eigenvalue weighted by molar-refractivity contribution is 4.79. The van der Waals surface area contributed by atoms with Crippen molar-refractivity contribution in [1.29, 1.82) is 0 Å². The molecule has 1 rings (SSSR count). The van der Waals surface area contributed by atoms with Gasteiger partial charge in [0.25, 0.3) is 0 Å². The second-order valence-electron chi connectivity index (χ2n) is 5.51. The van der Waals surface area contributed by atoms with Gasteiger partial charge in [-0.2, -0.15) is 0 Å². The molecule has 3 atom stereocenters. The highest BCUT2D eigenvalue weighted by Gasteiger charge is 2.29. The molecule has 1 aliphatic rings. The summed E-state index contributed by atoms with van der Waals surface area (Å²) in [6.45, 7) is 5.17. The van der Waals surface area contributed by atoms with Crippen LogP contribution < -0.4 is 0 Å². The number of aliphatic hydroxyl groups excluding tert-OH is 1. The molecule has 2 nitrogen and oxygen atoms in total. The van der Waals surface area contributed by atoms with Gasteiger partial charge < -0.3 is 9.84 Å². The van der Waals surface area contributed by atoms with Crippen LogP contribution >= 0.6 is 0 Å². The molecule has 0 aromatic rings. The molecule has 102 valence electrons. The first kappa shape index (κ1) is 15.0. The van der Waals surface area contributed by atoms with Crippen LogP contribution in [-0.4, -0.2) is 23.9 Å². The highest BCUT2D eigenvalue weighted by Crippen LogP contribution is 2.26. The van der Waals surface area contributed by atoms with Crippen LogP contribution in [0.25, 0.3) is 0 Å². The highest BCUT2D eigenvalue weighted by atomic mass is 16.5. The summed E-state index contributed by atoms with van der Waals surface area (Å²) in [5.41, 5.74) is 0. The molecule has 1 fully saturated rings. The molecule has 2 heteroatoms. The molecule has 1 saturated heterocycles. The fraction of sp³-hybridized carbons (Fsp3) is 1.00. The standard InChI is InChI=1S/C15H30O2/c1-3-4-5-6-7-8-9-10-15(16)14-11-12-17-13(14)2/h13-16H,3-12H2,1-2H3. The van der Waals surface area contributed by atoms with Gasteiger partial charge in [-0.25, -0.2) is 0 Å². The van der Waals surface area contributed by atoms with Gasteiger partial charge in [0.1, 0.15) is 0 Å². The average molecular weight is 242 g/mol. The van der Waals surface area contributed by atoms with E-state index < -0.39 is 0 Å². The van der Waals surface area contributed by atoms with Gasteiger partial charge in [-0.3, -0.25) is 0 Å². The molecule has 0 bridgehead atoms. The Kier molecular flexibility index (Phi) is 7.87. The topological polar surface area (TPSA) is 29.5 Å². The summed E-state index contributed by atoms with van der Waals surface area (Å²) in [4.78, 5) is 0. The Morgan fingerprint density at radius 1 is 1.12 bits per heavy atom. The molecule has 17 heavy (non-hydrogen) atoms. The third-order valence-electron chi connectivity index (χ3n) is 4.03. The quantitative estimate of drug-likeness (QED) is 0.621. The first-order valence-electron chi connectivity index (χ1n) is 7.55. The van der Waals surface area contributed by atoms with Crippen LogP contribution in [0.5, 0.6) is 0 Å². The smallest absolute Gasteiger partial charge is 0.0600 e. The Labute approximate surface area is 107 Å². The maximum atomic E-state index is 10.1. The molecule has 1 heterocycles. The Morgan fingerprint density at radius 2 is 1.76 bits per heavy atom. The summed E-state index contributed by atoms with van der Waals surface area (Å²) in [7, 11) is 0. The van der Waals surface area contributed by atoms with Gasteiger partial charge in [0.05, 0.1) is 12.2 Å². The maximum absolute atomic E-state index is 10.1. The number of rotatable bonds is 9. The molecule has 0 radical (unpaired) electrons. The lowest BCUT2D eigenvalue weighted by Crippen LogP contribution is -2.26. The lowest BCUT2D eigenvalue weighted by molar-refractivity contribution is 0.0383. The summed E-state index contributed by atoms with van der Waals surface area (Å²) in [5, 5.41) is 10.1. The molecule has 0 aliphatic carbocycles. The molecule has 0 aromatic heterocycles. The van der Waals surface area contributed by atoms with E-state index in [1.165, 1.54) is 44.9 Å². The molecular formula is C15H30O2. The van der Waals surface area contributed by atoms with Crippen LogP contribution in [0.4, 0.5) is 0 Å². The largest absolute Gasteiger partial charge is 0.393 e. The van der Waals surface area contributed by atoms with Crippen LogP contribution in [-0.2, 0) is 4.74 Å². The Hall–Kier alpha value is -0.0800. The third-order valence-corrected chi connectivity index (χ3v) is 4.03. The summed E-state index contributed by atoms with van der Waals surface area (Å²) in [5.74, 6) is 0.384. The van der Waals surface area contributed by atoms with E-state index in [4.69, 9.17) is 4.74 Å². The fourth-order valence-corrected chi connectivity index (χ4v) is 2.78. The van der Waals surface area contributed by atoms with Gasteiger partial charge in [0.2, 0.25) is 0 Å². The minimum atomic E-state index is -0.136. The average Bonchev–Trinajstić information content (AvgIpc) is 2.74. The predicted octanol–water partition coefficient (Wildman–Crippen LogP) is 3.91. The zero-order chi connectivity index (χ0) is 12.5. The van der Waals surface area contributed by atoms with E-state index in [9.17, 15) is 5.11 Å². The second-order valence-corrected chi connectivity index (χ2v) is 5.51. The normalized spacial score (nSPS) is 26.3. The Morgan fingerprint density at radius 3 is 2.35 bits per heavy atom. The lowest BCUT2D eigenvalue weighted by atomic mass is 9.92. The van der Waals surface area contributed by atoms with Crippen LogP contribution in [0.3, 0.4) is 0 Å². The Balaban J connectivity index is 1.95. The zero-order valence-electron chi connectivity index (χ0n) is 11.7. The summed E-state index contributed by atoms with van der Waals surface area (Å²) in [6, 6.07) is 0.